The summed E-state index contributed by atoms with van der Waals surface area (Å²) in [4.78, 5) is 11.8. The number of benzene rings is 1. The maximum absolute atomic E-state index is 11.0. The third kappa shape index (κ3) is 1.43. The summed E-state index contributed by atoms with van der Waals surface area (Å²) in [5.74, 6) is 0.861. The Morgan fingerprint density at radius 1 is 1.25 bits per heavy atom. The van der Waals surface area contributed by atoms with E-state index in [2.05, 4.69) is 13.8 Å². The smallest absolute Gasteiger partial charge is 0.160 e. The molecule has 2 aromatic rings. The molecule has 0 aliphatic heterocycles. The minimum absolute atomic E-state index is 0.794. The molecule has 3 heteroatoms. The van der Waals surface area contributed by atoms with Crippen molar-refractivity contribution in [2.75, 3.05) is 7.11 Å². The van der Waals surface area contributed by atoms with Gasteiger partial charge in [-0.1, -0.05) is 0 Å². The Balaban J connectivity index is 2.96. The number of carbonyl (C=O) groups is 1. The highest BCUT2D eigenvalue weighted by Crippen LogP contribution is 2.39. The van der Waals surface area contributed by atoms with Crippen molar-refractivity contribution in [3.05, 3.63) is 27.6 Å². The van der Waals surface area contributed by atoms with Crippen LogP contribution in [0.5, 0.6) is 5.75 Å². The standard InChI is InChI=1S/C13H14O2S/c1-7-5-10(15-4)12-9(3)11(6-14)16-13(12)8(7)2/h5-6H,1-4H3. The lowest BCUT2D eigenvalue weighted by Crippen LogP contribution is -1.89. The third-order valence-corrected chi connectivity index (χ3v) is 4.37. The summed E-state index contributed by atoms with van der Waals surface area (Å²) < 4.78 is 6.56. The highest BCUT2D eigenvalue weighted by Gasteiger charge is 2.15. The normalized spacial score (nSPS) is 10.8. The SMILES string of the molecule is COc1cc(C)c(C)c2sc(C=O)c(C)c12. The van der Waals surface area contributed by atoms with Gasteiger partial charge in [0.05, 0.1) is 12.0 Å². The van der Waals surface area contributed by atoms with Crippen LogP contribution in [0.3, 0.4) is 0 Å². The molecule has 1 aromatic carbocycles. The van der Waals surface area contributed by atoms with Crippen LogP contribution in [0.4, 0.5) is 0 Å². The van der Waals surface area contributed by atoms with E-state index in [9.17, 15) is 4.79 Å². The number of aldehydes is 1. The van der Waals surface area contributed by atoms with Crippen molar-refractivity contribution in [2.24, 2.45) is 0 Å². The molecule has 0 atom stereocenters. The summed E-state index contributed by atoms with van der Waals surface area (Å²) in [5, 5.41) is 1.08. The van der Waals surface area contributed by atoms with Crippen molar-refractivity contribution in [2.45, 2.75) is 20.8 Å². The van der Waals surface area contributed by atoms with Crippen molar-refractivity contribution >= 4 is 27.7 Å². The van der Waals surface area contributed by atoms with E-state index in [0.717, 1.165) is 32.6 Å². The van der Waals surface area contributed by atoms with Crippen LogP contribution in [0.2, 0.25) is 0 Å². The van der Waals surface area contributed by atoms with Crippen LogP contribution < -0.4 is 4.74 Å². The van der Waals surface area contributed by atoms with E-state index in [-0.39, 0.29) is 0 Å². The molecule has 0 N–H and O–H groups in total. The Morgan fingerprint density at radius 3 is 2.50 bits per heavy atom. The largest absolute Gasteiger partial charge is 0.496 e. The van der Waals surface area contributed by atoms with Crippen LogP contribution in [-0.2, 0) is 0 Å². The lowest BCUT2D eigenvalue weighted by Gasteiger charge is -2.08. The maximum atomic E-state index is 11.0. The molecule has 0 fully saturated rings. The fourth-order valence-corrected chi connectivity index (χ4v) is 3.11. The van der Waals surface area contributed by atoms with E-state index in [4.69, 9.17) is 4.74 Å². The summed E-state index contributed by atoms with van der Waals surface area (Å²) in [5.41, 5.74) is 3.45. The highest BCUT2D eigenvalue weighted by atomic mass is 32.1. The zero-order chi connectivity index (χ0) is 11.9. The summed E-state index contributed by atoms with van der Waals surface area (Å²) >= 11 is 1.55. The third-order valence-electron chi connectivity index (χ3n) is 3.04. The number of hydrogen-bond acceptors (Lipinski definition) is 3. The second-order valence-electron chi connectivity index (χ2n) is 3.93. The fraction of sp³-hybridized carbons (Fsp3) is 0.308. The first kappa shape index (κ1) is 11.1. The van der Waals surface area contributed by atoms with Crippen LogP contribution >= 0.6 is 11.3 Å². The van der Waals surface area contributed by atoms with Gasteiger partial charge in [-0.05, 0) is 43.5 Å². The lowest BCUT2D eigenvalue weighted by atomic mass is 10.0. The Kier molecular flexibility index (Phi) is 2.72. The van der Waals surface area contributed by atoms with E-state index < -0.39 is 0 Å². The van der Waals surface area contributed by atoms with Gasteiger partial charge in [0.15, 0.2) is 6.29 Å². The van der Waals surface area contributed by atoms with E-state index in [1.54, 1.807) is 18.4 Å². The van der Waals surface area contributed by atoms with Gasteiger partial charge < -0.3 is 4.74 Å². The molecule has 16 heavy (non-hydrogen) atoms. The van der Waals surface area contributed by atoms with Crippen LogP contribution in [0.25, 0.3) is 10.1 Å². The minimum Gasteiger partial charge on any atom is -0.496 e. The number of carbonyl (C=O) groups excluding carboxylic acids is 1. The summed E-state index contributed by atoms with van der Waals surface area (Å²) in [6.45, 7) is 6.12. The van der Waals surface area contributed by atoms with E-state index >= 15 is 0 Å². The average Bonchev–Trinajstić information content (AvgIpc) is 2.61. The molecule has 0 saturated heterocycles. The zero-order valence-corrected chi connectivity index (χ0v) is 10.7. The van der Waals surface area contributed by atoms with Gasteiger partial charge in [0, 0.05) is 10.1 Å². The lowest BCUT2D eigenvalue weighted by molar-refractivity contribution is 0.112. The van der Waals surface area contributed by atoms with Gasteiger partial charge in [-0.2, -0.15) is 0 Å². The Morgan fingerprint density at radius 2 is 1.94 bits per heavy atom. The zero-order valence-electron chi connectivity index (χ0n) is 9.88. The number of thiophene rings is 1. The predicted octanol–water partition coefficient (Wildman–Crippen LogP) is 3.65. The van der Waals surface area contributed by atoms with E-state index in [0.29, 0.717) is 0 Å². The second kappa shape index (κ2) is 3.91. The van der Waals surface area contributed by atoms with E-state index in [1.807, 2.05) is 13.0 Å². The van der Waals surface area contributed by atoms with Crippen LogP contribution in [-0.4, -0.2) is 13.4 Å². The molecule has 0 aliphatic carbocycles. The fourth-order valence-electron chi connectivity index (χ4n) is 1.92. The molecular weight excluding hydrogens is 220 g/mol. The van der Waals surface area contributed by atoms with Crippen molar-refractivity contribution in [1.82, 2.24) is 0 Å². The Hall–Kier alpha value is -1.35. The van der Waals surface area contributed by atoms with Gasteiger partial charge in [-0.3, -0.25) is 4.79 Å². The summed E-state index contributed by atoms with van der Waals surface area (Å²) in [6.07, 6.45) is 0.925. The molecule has 0 amide bonds. The number of methoxy groups -OCH3 is 1. The molecule has 1 aromatic heterocycles. The maximum Gasteiger partial charge on any atom is 0.160 e. The summed E-state index contributed by atoms with van der Waals surface area (Å²) in [7, 11) is 1.67. The van der Waals surface area contributed by atoms with Gasteiger partial charge >= 0.3 is 0 Å². The monoisotopic (exact) mass is 234 g/mol. The molecule has 0 radical (unpaired) electrons. The van der Waals surface area contributed by atoms with Crippen LogP contribution in [0, 0.1) is 20.8 Å². The van der Waals surface area contributed by atoms with Gasteiger partial charge in [0.25, 0.3) is 0 Å². The van der Waals surface area contributed by atoms with Crippen molar-refractivity contribution in [1.29, 1.82) is 0 Å². The number of hydrogen-bond donors (Lipinski definition) is 0. The second-order valence-corrected chi connectivity index (χ2v) is 4.99. The van der Waals surface area contributed by atoms with Crippen molar-refractivity contribution in [3.63, 3.8) is 0 Å². The van der Waals surface area contributed by atoms with Gasteiger partial charge in [0.1, 0.15) is 5.75 Å². The van der Waals surface area contributed by atoms with E-state index in [1.165, 1.54) is 11.1 Å². The molecule has 0 bridgehead atoms. The molecular formula is C13H14O2S. The minimum atomic E-state index is 0.794. The molecule has 84 valence electrons. The first-order chi connectivity index (χ1) is 7.60. The van der Waals surface area contributed by atoms with Crippen molar-refractivity contribution < 1.29 is 9.53 Å². The number of aryl methyl sites for hydroxylation is 3. The van der Waals surface area contributed by atoms with Crippen molar-refractivity contribution in [3.8, 4) is 5.75 Å². The van der Waals surface area contributed by atoms with Gasteiger partial charge in [0.2, 0.25) is 0 Å². The predicted molar refractivity (Wildman–Crippen MR) is 68.0 cm³/mol. The average molecular weight is 234 g/mol. The summed E-state index contributed by atoms with van der Waals surface area (Å²) in [6, 6.07) is 2.03. The highest BCUT2D eigenvalue weighted by molar-refractivity contribution is 7.21. The van der Waals surface area contributed by atoms with Crippen LogP contribution in [0.15, 0.2) is 6.07 Å². The molecule has 0 unspecified atom stereocenters. The molecule has 2 rings (SSSR count). The quantitative estimate of drug-likeness (QED) is 0.741. The molecule has 2 nitrogen and oxygen atoms in total. The van der Waals surface area contributed by atoms with Gasteiger partial charge in [-0.25, -0.2) is 0 Å². The molecule has 0 spiro atoms. The Labute approximate surface area is 98.9 Å². The van der Waals surface area contributed by atoms with Gasteiger partial charge in [-0.15, -0.1) is 11.3 Å². The number of fused-ring (bicyclic) bond motifs is 1. The molecule has 0 saturated carbocycles. The topological polar surface area (TPSA) is 26.3 Å². The molecule has 0 aliphatic rings. The number of ether oxygens (including phenoxy) is 1. The Bertz CT molecular complexity index is 567. The van der Waals surface area contributed by atoms with Crippen LogP contribution in [0.1, 0.15) is 26.4 Å². The first-order valence-electron chi connectivity index (χ1n) is 5.12. The first-order valence-corrected chi connectivity index (χ1v) is 5.94. The molecule has 1 heterocycles. The number of rotatable bonds is 2.